The summed E-state index contributed by atoms with van der Waals surface area (Å²) in [5, 5.41) is 0. The van der Waals surface area contributed by atoms with Crippen molar-refractivity contribution in [2.24, 2.45) is 0 Å². The van der Waals surface area contributed by atoms with Gasteiger partial charge in [0.05, 0.1) is 5.69 Å². The van der Waals surface area contributed by atoms with E-state index < -0.39 is 0 Å². The lowest BCUT2D eigenvalue weighted by Gasteiger charge is -2.08. The number of aromatic nitrogens is 2. The quantitative estimate of drug-likeness (QED) is 0.768. The Hall–Kier alpha value is -2.55. The lowest BCUT2D eigenvalue weighted by molar-refractivity contribution is 0.963. The Morgan fingerprint density at radius 1 is 0.947 bits per heavy atom. The minimum atomic E-state index is 0.849. The van der Waals surface area contributed by atoms with Gasteiger partial charge in [0.15, 0.2) is 0 Å². The maximum atomic E-state index is 4.41. The Morgan fingerprint density at radius 3 is 2.53 bits per heavy atom. The van der Waals surface area contributed by atoms with Crippen molar-refractivity contribution >= 4 is 5.69 Å². The highest BCUT2D eigenvalue weighted by Gasteiger charge is 1.99. The molecule has 0 aliphatic rings. The minimum absolute atomic E-state index is 0.849. The first kappa shape index (κ1) is 11.5. The normalized spacial score (nSPS) is 10.3. The summed E-state index contributed by atoms with van der Waals surface area (Å²) in [4.78, 5) is 4.41. The first-order valence-electron chi connectivity index (χ1n) is 6.29. The van der Waals surface area contributed by atoms with Crippen LogP contribution in [-0.2, 0) is 6.42 Å². The molecule has 0 radical (unpaired) electrons. The van der Waals surface area contributed by atoms with E-state index in [0.717, 1.165) is 17.8 Å². The van der Waals surface area contributed by atoms with E-state index in [0.29, 0.717) is 0 Å². The zero-order valence-corrected chi connectivity index (χ0v) is 10.5. The Morgan fingerprint density at radius 2 is 1.74 bits per heavy atom. The van der Waals surface area contributed by atoms with Crippen molar-refractivity contribution in [2.45, 2.75) is 6.42 Å². The number of anilines is 1. The average molecular weight is 249 g/mol. The molecule has 1 N–H and O–H groups in total. The van der Waals surface area contributed by atoms with Crippen LogP contribution >= 0.6 is 0 Å². The van der Waals surface area contributed by atoms with E-state index in [-0.39, 0.29) is 0 Å². The highest BCUT2D eigenvalue weighted by atomic mass is 15.4. The standard InChI is InChI=1S/C16H15N3/c1-2-6-14(7-3-1)12-16-13-15(8-9-17-16)18-19-10-4-5-11-19/h1-11,13H,12H2,(H,17,18). The summed E-state index contributed by atoms with van der Waals surface area (Å²) < 4.78 is 1.92. The third-order valence-corrected chi connectivity index (χ3v) is 2.91. The number of benzene rings is 1. The van der Waals surface area contributed by atoms with Crippen LogP contribution in [0.3, 0.4) is 0 Å². The molecule has 0 unspecified atom stereocenters. The van der Waals surface area contributed by atoms with E-state index >= 15 is 0 Å². The molecule has 19 heavy (non-hydrogen) atoms. The number of rotatable bonds is 4. The number of nitrogens with one attached hydrogen (secondary N) is 1. The number of hydrogen-bond donors (Lipinski definition) is 1. The molecule has 0 amide bonds. The van der Waals surface area contributed by atoms with Crippen LogP contribution < -0.4 is 5.43 Å². The van der Waals surface area contributed by atoms with E-state index in [4.69, 9.17) is 0 Å². The van der Waals surface area contributed by atoms with Crippen LogP contribution in [0.4, 0.5) is 5.69 Å². The fraction of sp³-hybridized carbons (Fsp3) is 0.0625. The van der Waals surface area contributed by atoms with Gasteiger partial charge in [-0.25, -0.2) is 0 Å². The molecule has 2 aromatic heterocycles. The molecular weight excluding hydrogens is 234 g/mol. The van der Waals surface area contributed by atoms with Gasteiger partial charge in [0.2, 0.25) is 0 Å². The van der Waals surface area contributed by atoms with Gasteiger partial charge in [0, 0.05) is 30.7 Å². The van der Waals surface area contributed by atoms with E-state index in [2.05, 4.69) is 40.7 Å². The lowest BCUT2D eigenvalue weighted by Crippen LogP contribution is -2.06. The molecule has 0 aliphatic carbocycles. The monoisotopic (exact) mass is 249 g/mol. The lowest BCUT2D eigenvalue weighted by atomic mass is 10.1. The van der Waals surface area contributed by atoms with Crippen molar-refractivity contribution < 1.29 is 0 Å². The van der Waals surface area contributed by atoms with Crippen LogP contribution in [0.25, 0.3) is 0 Å². The topological polar surface area (TPSA) is 29.9 Å². The SMILES string of the molecule is c1ccc(Cc2cc(Nn3cccc3)ccn2)cc1. The Kier molecular flexibility index (Phi) is 3.28. The van der Waals surface area contributed by atoms with Gasteiger partial charge >= 0.3 is 0 Å². The van der Waals surface area contributed by atoms with Crippen molar-refractivity contribution in [3.63, 3.8) is 0 Å². The van der Waals surface area contributed by atoms with E-state index in [1.54, 1.807) is 0 Å². The first-order valence-corrected chi connectivity index (χ1v) is 6.29. The van der Waals surface area contributed by atoms with Crippen LogP contribution in [0.2, 0.25) is 0 Å². The Labute approximate surface area is 112 Å². The fourth-order valence-electron chi connectivity index (χ4n) is 2.01. The summed E-state index contributed by atoms with van der Waals surface area (Å²) >= 11 is 0. The van der Waals surface area contributed by atoms with Crippen molar-refractivity contribution in [1.29, 1.82) is 0 Å². The van der Waals surface area contributed by atoms with Gasteiger partial charge in [-0.1, -0.05) is 30.3 Å². The third kappa shape index (κ3) is 3.01. The summed E-state index contributed by atoms with van der Waals surface area (Å²) in [6, 6.07) is 18.4. The van der Waals surface area contributed by atoms with E-state index in [1.807, 2.05) is 47.5 Å². The fourth-order valence-corrected chi connectivity index (χ4v) is 2.01. The predicted molar refractivity (Wildman–Crippen MR) is 76.9 cm³/mol. The molecule has 94 valence electrons. The average Bonchev–Trinajstić information content (AvgIpc) is 2.93. The highest BCUT2D eigenvalue weighted by molar-refractivity contribution is 5.43. The summed E-state index contributed by atoms with van der Waals surface area (Å²) in [6.07, 6.45) is 6.63. The summed E-state index contributed by atoms with van der Waals surface area (Å²) in [5.41, 5.74) is 6.66. The van der Waals surface area contributed by atoms with Crippen LogP contribution in [-0.4, -0.2) is 9.66 Å². The molecule has 0 saturated heterocycles. The Bertz CT molecular complexity index is 630. The predicted octanol–water partition coefficient (Wildman–Crippen LogP) is 3.35. The molecule has 0 spiro atoms. The number of nitrogens with zero attached hydrogens (tertiary/aromatic N) is 2. The van der Waals surface area contributed by atoms with Gasteiger partial charge in [0.25, 0.3) is 0 Å². The number of pyridine rings is 1. The molecule has 0 atom stereocenters. The second-order valence-electron chi connectivity index (χ2n) is 4.40. The summed E-state index contributed by atoms with van der Waals surface area (Å²) in [7, 11) is 0. The molecule has 3 aromatic rings. The van der Waals surface area contributed by atoms with Crippen molar-refractivity contribution in [2.75, 3.05) is 5.43 Å². The van der Waals surface area contributed by atoms with E-state index in [1.165, 1.54) is 5.56 Å². The molecule has 0 saturated carbocycles. The van der Waals surface area contributed by atoms with Gasteiger partial charge < -0.3 is 0 Å². The maximum Gasteiger partial charge on any atom is 0.0579 e. The zero-order valence-electron chi connectivity index (χ0n) is 10.5. The highest BCUT2D eigenvalue weighted by Crippen LogP contribution is 2.12. The summed E-state index contributed by atoms with van der Waals surface area (Å²) in [5.74, 6) is 0. The van der Waals surface area contributed by atoms with Gasteiger partial charge in [-0.2, -0.15) is 0 Å². The maximum absolute atomic E-state index is 4.41. The molecule has 2 heterocycles. The molecule has 0 aliphatic heterocycles. The van der Waals surface area contributed by atoms with Crippen LogP contribution in [0.15, 0.2) is 73.2 Å². The third-order valence-electron chi connectivity index (χ3n) is 2.91. The summed E-state index contributed by atoms with van der Waals surface area (Å²) in [6.45, 7) is 0. The van der Waals surface area contributed by atoms with Gasteiger partial charge in [-0.15, -0.1) is 0 Å². The zero-order chi connectivity index (χ0) is 12.9. The van der Waals surface area contributed by atoms with Crippen molar-refractivity contribution in [3.05, 3.63) is 84.4 Å². The molecule has 1 aromatic carbocycles. The minimum Gasteiger partial charge on any atom is -0.295 e. The molecular formula is C16H15N3. The second-order valence-corrected chi connectivity index (χ2v) is 4.40. The van der Waals surface area contributed by atoms with Gasteiger partial charge in [-0.3, -0.25) is 15.1 Å². The van der Waals surface area contributed by atoms with Gasteiger partial charge in [-0.05, 0) is 29.8 Å². The Balaban J connectivity index is 1.76. The largest absolute Gasteiger partial charge is 0.295 e. The van der Waals surface area contributed by atoms with Crippen molar-refractivity contribution in [1.82, 2.24) is 9.66 Å². The van der Waals surface area contributed by atoms with Crippen LogP contribution in [0.5, 0.6) is 0 Å². The molecule has 3 heteroatoms. The van der Waals surface area contributed by atoms with Crippen molar-refractivity contribution in [3.8, 4) is 0 Å². The van der Waals surface area contributed by atoms with E-state index in [9.17, 15) is 0 Å². The first-order chi connectivity index (χ1) is 9.40. The molecule has 0 bridgehead atoms. The smallest absolute Gasteiger partial charge is 0.0579 e. The molecule has 0 fully saturated rings. The van der Waals surface area contributed by atoms with Gasteiger partial charge in [0.1, 0.15) is 0 Å². The molecule has 3 nitrogen and oxygen atoms in total. The number of hydrogen-bond acceptors (Lipinski definition) is 2. The van der Waals surface area contributed by atoms with Crippen LogP contribution in [0.1, 0.15) is 11.3 Å². The molecule has 3 rings (SSSR count). The van der Waals surface area contributed by atoms with Crippen LogP contribution in [0, 0.1) is 0 Å². The second kappa shape index (κ2) is 5.40.